The first-order valence-corrected chi connectivity index (χ1v) is 6.85. The van der Waals surface area contributed by atoms with E-state index in [2.05, 4.69) is 11.4 Å². The maximum Gasteiger partial charge on any atom is 0.335 e. The second-order valence-electron chi connectivity index (χ2n) is 4.74. The molecule has 110 valence electrons. The van der Waals surface area contributed by atoms with Crippen molar-refractivity contribution >= 4 is 5.97 Å². The number of para-hydroxylation sites is 1. The molecular weight excluding hydrogens is 266 g/mol. The molecule has 0 heterocycles. The summed E-state index contributed by atoms with van der Waals surface area (Å²) in [7, 11) is 1.68. The molecule has 0 atom stereocenters. The summed E-state index contributed by atoms with van der Waals surface area (Å²) in [5, 5.41) is 12.2. The standard InChI is InChI=1S/C17H19NO3/c1-21-16-5-3-2-4-14(16)10-11-18-12-13-6-8-15(9-7-13)17(19)20/h2-9,18H,10-12H2,1H3,(H,19,20). The lowest BCUT2D eigenvalue weighted by molar-refractivity contribution is 0.0697. The van der Waals surface area contributed by atoms with Crippen molar-refractivity contribution in [2.45, 2.75) is 13.0 Å². The van der Waals surface area contributed by atoms with Crippen molar-refractivity contribution in [3.05, 3.63) is 65.2 Å². The van der Waals surface area contributed by atoms with Crippen molar-refractivity contribution in [2.24, 2.45) is 0 Å². The van der Waals surface area contributed by atoms with Gasteiger partial charge in [-0.2, -0.15) is 0 Å². The molecule has 0 saturated carbocycles. The van der Waals surface area contributed by atoms with Gasteiger partial charge in [0.05, 0.1) is 12.7 Å². The van der Waals surface area contributed by atoms with Crippen molar-refractivity contribution in [1.29, 1.82) is 0 Å². The van der Waals surface area contributed by atoms with Crippen LogP contribution in [0.15, 0.2) is 48.5 Å². The molecule has 0 fully saturated rings. The van der Waals surface area contributed by atoms with Crippen LogP contribution in [0.1, 0.15) is 21.5 Å². The number of carbonyl (C=O) groups is 1. The number of carboxylic acids is 1. The van der Waals surface area contributed by atoms with Gasteiger partial charge in [-0.1, -0.05) is 30.3 Å². The Hall–Kier alpha value is -2.33. The van der Waals surface area contributed by atoms with Crippen LogP contribution < -0.4 is 10.1 Å². The lowest BCUT2D eigenvalue weighted by Crippen LogP contribution is -2.17. The van der Waals surface area contributed by atoms with Crippen LogP contribution in [0.5, 0.6) is 5.75 Å². The molecule has 4 heteroatoms. The normalized spacial score (nSPS) is 10.3. The van der Waals surface area contributed by atoms with E-state index in [0.717, 1.165) is 30.8 Å². The van der Waals surface area contributed by atoms with E-state index in [1.54, 1.807) is 19.2 Å². The van der Waals surface area contributed by atoms with Crippen molar-refractivity contribution in [3.8, 4) is 5.75 Å². The van der Waals surface area contributed by atoms with Gasteiger partial charge in [-0.25, -0.2) is 4.79 Å². The number of ether oxygens (including phenoxy) is 1. The molecule has 2 rings (SSSR count). The van der Waals surface area contributed by atoms with Crippen LogP contribution in [0.4, 0.5) is 0 Å². The Kier molecular flexibility index (Phi) is 5.35. The SMILES string of the molecule is COc1ccccc1CCNCc1ccc(C(=O)O)cc1. The molecule has 0 bridgehead atoms. The monoisotopic (exact) mass is 285 g/mol. The smallest absolute Gasteiger partial charge is 0.335 e. The van der Waals surface area contributed by atoms with E-state index < -0.39 is 5.97 Å². The third-order valence-electron chi connectivity index (χ3n) is 3.29. The van der Waals surface area contributed by atoms with E-state index in [1.807, 2.05) is 30.3 Å². The molecule has 21 heavy (non-hydrogen) atoms. The van der Waals surface area contributed by atoms with Crippen LogP contribution >= 0.6 is 0 Å². The Morgan fingerprint density at radius 3 is 2.52 bits per heavy atom. The van der Waals surface area contributed by atoms with Crippen molar-refractivity contribution in [2.75, 3.05) is 13.7 Å². The minimum Gasteiger partial charge on any atom is -0.496 e. The number of carboxylic acid groups (broad SMARTS) is 1. The highest BCUT2D eigenvalue weighted by Gasteiger charge is 2.03. The number of rotatable bonds is 7. The summed E-state index contributed by atoms with van der Waals surface area (Å²) in [6.07, 6.45) is 0.886. The van der Waals surface area contributed by atoms with Crippen LogP contribution in [0.3, 0.4) is 0 Å². The van der Waals surface area contributed by atoms with Gasteiger partial charge in [-0.15, -0.1) is 0 Å². The van der Waals surface area contributed by atoms with Gasteiger partial charge in [0.2, 0.25) is 0 Å². The molecule has 4 nitrogen and oxygen atoms in total. The first-order valence-electron chi connectivity index (χ1n) is 6.85. The lowest BCUT2D eigenvalue weighted by atomic mass is 10.1. The Morgan fingerprint density at radius 2 is 1.86 bits per heavy atom. The van der Waals surface area contributed by atoms with Gasteiger partial charge in [-0.3, -0.25) is 0 Å². The fourth-order valence-electron chi connectivity index (χ4n) is 2.13. The van der Waals surface area contributed by atoms with Gasteiger partial charge in [0.25, 0.3) is 0 Å². The zero-order chi connectivity index (χ0) is 15.1. The molecule has 0 unspecified atom stereocenters. The van der Waals surface area contributed by atoms with Crippen LogP contribution in [-0.2, 0) is 13.0 Å². The Labute approximate surface area is 124 Å². The predicted octanol–water partition coefficient (Wildman–Crippen LogP) is 2.73. The highest BCUT2D eigenvalue weighted by Crippen LogP contribution is 2.17. The minimum absolute atomic E-state index is 0.313. The highest BCUT2D eigenvalue weighted by atomic mass is 16.5. The number of aromatic carboxylic acids is 1. The van der Waals surface area contributed by atoms with Gasteiger partial charge in [-0.05, 0) is 42.3 Å². The van der Waals surface area contributed by atoms with Gasteiger partial charge >= 0.3 is 5.97 Å². The van der Waals surface area contributed by atoms with E-state index in [9.17, 15) is 4.79 Å². The van der Waals surface area contributed by atoms with E-state index in [-0.39, 0.29) is 0 Å². The number of benzene rings is 2. The zero-order valence-corrected chi connectivity index (χ0v) is 12.0. The topological polar surface area (TPSA) is 58.6 Å². The summed E-state index contributed by atoms with van der Waals surface area (Å²) in [6.45, 7) is 1.55. The van der Waals surface area contributed by atoms with Crippen molar-refractivity contribution < 1.29 is 14.6 Å². The summed E-state index contributed by atoms with van der Waals surface area (Å²) in [5.74, 6) is 0.00999. The molecule has 2 N–H and O–H groups in total. The van der Waals surface area contributed by atoms with Gasteiger partial charge in [0, 0.05) is 6.54 Å². The number of hydrogen-bond donors (Lipinski definition) is 2. The average molecular weight is 285 g/mol. The summed E-state index contributed by atoms with van der Waals surface area (Å²) in [4.78, 5) is 10.8. The van der Waals surface area contributed by atoms with Crippen LogP contribution in [0.2, 0.25) is 0 Å². The third kappa shape index (κ3) is 4.33. The number of methoxy groups -OCH3 is 1. The Bertz CT molecular complexity index is 593. The third-order valence-corrected chi connectivity index (χ3v) is 3.29. The van der Waals surface area contributed by atoms with E-state index in [1.165, 1.54) is 5.56 Å². The quantitative estimate of drug-likeness (QED) is 0.768. The first-order chi connectivity index (χ1) is 10.2. The molecule has 0 radical (unpaired) electrons. The maximum absolute atomic E-state index is 10.8. The highest BCUT2D eigenvalue weighted by molar-refractivity contribution is 5.87. The molecule has 0 aliphatic rings. The summed E-state index contributed by atoms with van der Waals surface area (Å²) in [5.41, 5.74) is 2.56. The van der Waals surface area contributed by atoms with E-state index in [0.29, 0.717) is 5.56 Å². The van der Waals surface area contributed by atoms with Crippen LogP contribution in [-0.4, -0.2) is 24.7 Å². The molecule has 0 saturated heterocycles. The summed E-state index contributed by atoms with van der Waals surface area (Å²) >= 11 is 0. The molecule has 0 aliphatic carbocycles. The largest absolute Gasteiger partial charge is 0.496 e. The molecule has 2 aromatic carbocycles. The molecule has 0 aliphatic heterocycles. The first kappa shape index (κ1) is 15.1. The molecule has 2 aromatic rings. The molecule has 0 amide bonds. The fraction of sp³-hybridized carbons (Fsp3) is 0.235. The second kappa shape index (κ2) is 7.45. The predicted molar refractivity (Wildman–Crippen MR) is 81.8 cm³/mol. The van der Waals surface area contributed by atoms with E-state index in [4.69, 9.17) is 9.84 Å². The second-order valence-corrected chi connectivity index (χ2v) is 4.74. The molecular formula is C17H19NO3. The van der Waals surface area contributed by atoms with Crippen LogP contribution in [0.25, 0.3) is 0 Å². The molecule has 0 spiro atoms. The summed E-state index contributed by atoms with van der Waals surface area (Å²) < 4.78 is 5.31. The Balaban J connectivity index is 1.80. The van der Waals surface area contributed by atoms with Gasteiger partial charge in [0.15, 0.2) is 0 Å². The van der Waals surface area contributed by atoms with Crippen molar-refractivity contribution in [3.63, 3.8) is 0 Å². The zero-order valence-electron chi connectivity index (χ0n) is 12.0. The minimum atomic E-state index is -0.898. The van der Waals surface area contributed by atoms with Gasteiger partial charge in [0.1, 0.15) is 5.75 Å². The molecule has 0 aromatic heterocycles. The average Bonchev–Trinajstić information content (AvgIpc) is 2.52. The number of hydrogen-bond acceptors (Lipinski definition) is 3. The number of nitrogens with one attached hydrogen (secondary N) is 1. The summed E-state index contributed by atoms with van der Waals surface area (Å²) in [6, 6.07) is 14.9. The lowest BCUT2D eigenvalue weighted by Gasteiger charge is -2.09. The van der Waals surface area contributed by atoms with Crippen LogP contribution in [0, 0.1) is 0 Å². The Morgan fingerprint density at radius 1 is 1.14 bits per heavy atom. The van der Waals surface area contributed by atoms with E-state index >= 15 is 0 Å². The maximum atomic E-state index is 10.8. The van der Waals surface area contributed by atoms with Gasteiger partial charge < -0.3 is 15.2 Å². The van der Waals surface area contributed by atoms with Crippen molar-refractivity contribution in [1.82, 2.24) is 5.32 Å². The fourth-order valence-corrected chi connectivity index (χ4v) is 2.13.